The molecular formula is C21H21NO3. The van der Waals surface area contributed by atoms with E-state index in [1.165, 1.54) is 24.0 Å². The molecule has 1 amide bonds. The number of aryl methyl sites for hydroxylation is 2. The zero-order valence-electron chi connectivity index (χ0n) is 14.2. The monoisotopic (exact) mass is 335 g/mol. The molecule has 0 bridgehead atoms. The lowest BCUT2D eigenvalue weighted by atomic mass is 10.0. The normalized spacial score (nSPS) is 16.0. The fraction of sp³-hybridized carbons (Fsp3) is 0.286. The number of carbonyl (C=O) groups excluding carboxylic acids is 1. The van der Waals surface area contributed by atoms with Gasteiger partial charge in [0.15, 0.2) is 11.5 Å². The third-order valence-corrected chi connectivity index (χ3v) is 4.81. The van der Waals surface area contributed by atoms with Crippen LogP contribution in [0.1, 0.15) is 41.6 Å². The van der Waals surface area contributed by atoms with Crippen molar-refractivity contribution >= 4 is 12.0 Å². The minimum absolute atomic E-state index is 0.0141. The van der Waals surface area contributed by atoms with Crippen molar-refractivity contribution in [2.45, 2.75) is 32.2 Å². The lowest BCUT2D eigenvalue weighted by Crippen LogP contribution is -2.24. The summed E-state index contributed by atoms with van der Waals surface area (Å²) in [6, 6.07) is 12.2. The van der Waals surface area contributed by atoms with Crippen LogP contribution in [-0.2, 0) is 17.6 Å². The van der Waals surface area contributed by atoms with Crippen LogP contribution in [0.2, 0.25) is 0 Å². The van der Waals surface area contributed by atoms with Crippen molar-refractivity contribution in [3.63, 3.8) is 0 Å². The first-order valence-electron chi connectivity index (χ1n) is 8.69. The Labute approximate surface area is 147 Å². The van der Waals surface area contributed by atoms with Crippen molar-refractivity contribution in [3.05, 3.63) is 64.7 Å². The maximum Gasteiger partial charge on any atom is 0.244 e. The van der Waals surface area contributed by atoms with Crippen LogP contribution >= 0.6 is 0 Å². The molecule has 2 aliphatic rings. The van der Waals surface area contributed by atoms with Crippen molar-refractivity contribution in [1.82, 2.24) is 5.32 Å². The molecule has 0 spiro atoms. The van der Waals surface area contributed by atoms with Gasteiger partial charge in [-0.3, -0.25) is 4.79 Å². The number of carbonyl (C=O) groups is 1. The van der Waals surface area contributed by atoms with Crippen LogP contribution in [0.25, 0.3) is 6.08 Å². The number of ether oxygens (including phenoxy) is 2. The van der Waals surface area contributed by atoms with Crippen molar-refractivity contribution in [2.75, 3.05) is 6.79 Å². The molecule has 0 aromatic heterocycles. The first-order valence-corrected chi connectivity index (χ1v) is 8.69. The summed E-state index contributed by atoms with van der Waals surface area (Å²) in [6.07, 6.45) is 6.90. The summed E-state index contributed by atoms with van der Waals surface area (Å²) in [4.78, 5) is 12.2. The molecule has 0 unspecified atom stereocenters. The summed E-state index contributed by atoms with van der Waals surface area (Å²) in [7, 11) is 0. The molecule has 0 radical (unpaired) electrons. The summed E-state index contributed by atoms with van der Waals surface area (Å²) in [5.74, 6) is 1.35. The minimum atomic E-state index is -0.106. The molecule has 1 N–H and O–H groups in total. The van der Waals surface area contributed by atoms with E-state index in [2.05, 4.69) is 23.5 Å². The lowest BCUT2D eigenvalue weighted by Gasteiger charge is -2.14. The number of rotatable bonds is 4. The summed E-state index contributed by atoms with van der Waals surface area (Å²) < 4.78 is 10.6. The molecule has 1 aliphatic carbocycles. The van der Waals surface area contributed by atoms with E-state index < -0.39 is 0 Å². The van der Waals surface area contributed by atoms with Crippen LogP contribution in [0.15, 0.2) is 42.5 Å². The first-order chi connectivity index (χ1) is 12.2. The van der Waals surface area contributed by atoms with Gasteiger partial charge in [-0.15, -0.1) is 0 Å². The van der Waals surface area contributed by atoms with E-state index in [4.69, 9.17) is 9.47 Å². The smallest absolute Gasteiger partial charge is 0.244 e. The Morgan fingerprint density at radius 2 is 1.92 bits per heavy atom. The van der Waals surface area contributed by atoms with Gasteiger partial charge in [-0.05, 0) is 66.6 Å². The number of hydrogen-bond acceptors (Lipinski definition) is 3. The average Bonchev–Trinajstić information content (AvgIpc) is 3.27. The zero-order chi connectivity index (χ0) is 17.2. The van der Waals surface area contributed by atoms with Crippen LogP contribution in [-0.4, -0.2) is 12.7 Å². The largest absolute Gasteiger partial charge is 0.454 e. The van der Waals surface area contributed by atoms with E-state index in [-0.39, 0.29) is 18.7 Å². The highest BCUT2D eigenvalue weighted by molar-refractivity contribution is 5.92. The van der Waals surface area contributed by atoms with Gasteiger partial charge in [0.05, 0.1) is 6.04 Å². The fourth-order valence-electron chi connectivity index (χ4n) is 3.39. The Kier molecular flexibility index (Phi) is 4.18. The van der Waals surface area contributed by atoms with Gasteiger partial charge in [0.2, 0.25) is 12.7 Å². The second-order valence-corrected chi connectivity index (χ2v) is 6.56. The van der Waals surface area contributed by atoms with Crippen molar-refractivity contribution in [3.8, 4) is 11.5 Å². The number of hydrogen-bond donors (Lipinski definition) is 1. The van der Waals surface area contributed by atoms with Gasteiger partial charge < -0.3 is 14.8 Å². The highest BCUT2D eigenvalue weighted by Gasteiger charge is 2.15. The van der Waals surface area contributed by atoms with Gasteiger partial charge in [-0.1, -0.05) is 24.3 Å². The molecule has 0 fully saturated rings. The van der Waals surface area contributed by atoms with Crippen molar-refractivity contribution in [1.29, 1.82) is 0 Å². The second kappa shape index (κ2) is 6.63. The number of fused-ring (bicyclic) bond motifs is 2. The fourth-order valence-corrected chi connectivity index (χ4v) is 3.39. The van der Waals surface area contributed by atoms with Gasteiger partial charge in [-0.2, -0.15) is 0 Å². The predicted octanol–water partition coefficient (Wildman–Crippen LogP) is 3.79. The van der Waals surface area contributed by atoms with E-state index >= 15 is 0 Å². The van der Waals surface area contributed by atoms with Gasteiger partial charge in [-0.25, -0.2) is 0 Å². The molecule has 1 aliphatic heterocycles. The quantitative estimate of drug-likeness (QED) is 0.865. The van der Waals surface area contributed by atoms with Gasteiger partial charge in [0.25, 0.3) is 0 Å². The minimum Gasteiger partial charge on any atom is -0.454 e. The summed E-state index contributed by atoms with van der Waals surface area (Å²) in [5.41, 5.74) is 4.94. The van der Waals surface area contributed by atoms with Crippen LogP contribution in [0, 0.1) is 0 Å². The molecule has 0 saturated heterocycles. The van der Waals surface area contributed by atoms with E-state index in [9.17, 15) is 4.79 Å². The van der Waals surface area contributed by atoms with Gasteiger partial charge in [0, 0.05) is 6.08 Å². The molecule has 4 rings (SSSR count). The van der Waals surface area contributed by atoms with Crippen molar-refractivity contribution in [2.24, 2.45) is 0 Å². The number of nitrogens with one attached hydrogen (secondary N) is 1. The lowest BCUT2D eigenvalue weighted by molar-refractivity contribution is -0.117. The Morgan fingerprint density at radius 1 is 1.08 bits per heavy atom. The molecule has 1 atom stereocenters. The first kappa shape index (κ1) is 15.8. The molecule has 2 aromatic carbocycles. The van der Waals surface area contributed by atoms with Gasteiger partial charge >= 0.3 is 0 Å². The molecule has 128 valence electrons. The van der Waals surface area contributed by atoms with E-state index in [0.29, 0.717) is 5.75 Å². The Bertz CT molecular complexity index is 841. The topological polar surface area (TPSA) is 47.6 Å². The molecule has 25 heavy (non-hydrogen) atoms. The molecule has 4 heteroatoms. The molecular weight excluding hydrogens is 314 g/mol. The molecule has 2 aromatic rings. The summed E-state index contributed by atoms with van der Waals surface area (Å²) in [5, 5.41) is 3.03. The predicted molar refractivity (Wildman–Crippen MR) is 96.6 cm³/mol. The van der Waals surface area contributed by atoms with E-state index in [1.54, 1.807) is 12.2 Å². The Morgan fingerprint density at radius 3 is 2.84 bits per heavy atom. The third-order valence-electron chi connectivity index (χ3n) is 4.81. The standard InChI is InChI=1S/C21H21NO3/c1-14(17-8-7-16-3-2-4-18(16)12-17)22-21(23)10-6-15-5-9-19-20(11-15)25-13-24-19/h5-12,14H,2-4,13H2,1H3,(H,22,23)/b10-6+/t14-/m0/s1. The molecule has 0 saturated carbocycles. The maximum absolute atomic E-state index is 12.2. The van der Waals surface area contributed by atoms with Crippen molar-refractivity contribution < 1.29 is 14.3 Å². The van der Waals surface area contributed by atoms with Gasteiger partial charge in [0.1, 0.15) is 0 Å². The average molecular weight is 335 g/mol. The maximum atomic E-state index is 12.2. The second-order valence-electron chi connectivity index (χ2n) is 6.56. The summed E-state index contributed by atoms with van der Waals surface area (Å²) >= 11 is 0. The third kappa shape index (κ3) is 3.38. The molecule has 4 nitrogen and oxygen atoms in total. The Hall–Kier alpha value is -2.75. The zero-order valence-corrected chi connectivity index (χ0v) is 14.2. The van der Waals surface area contributed by atoms with Crippen LogP contribution in [0.5, 0.6) is 11.5 Å². The SMILES string of the molecule is C[C@H](NC(=O)/C=C/c1ccc2c(c1)OCO2)c1ccc2c(c1)CCC2. The number of amides is 1. The van der Waals surface area contributed by atoms with Crippen LogP contribution in [0.3, 0.4) is 0 Å². The van der Waals surface area contributed by atoms with E-state index in [0.717, 1.165) is 23.3 Å². The van der Waals surface area contributed by atoms with E-state index in [1.807, 2.05) is 25.1 Å². The molecule has 1 heterocycles. The highest BCUT2D eigenvalue weighted by Crippen LogP contribution is 2.32. The highest BCUT2D eigenvalue weighted by atomic mass is 16.7. The Balaban J connectivity index is 1.39. The summed E-state index contributed by atoms with van der Waals surface area (Å²) in [6.45, 7) is 2.27. The number of benzene rings is 2. The van der Waals surface area contributed by atoms with Crippen LogP contribution < -0.4 is 14.8 Å². The van der Waals surface area contributed by atoms with Crippen LogP contribution in [0.4, 0.5) is 0 Å².